The van der Waals surface area contributed by atoms with Crippen molar-refractivity contribution in [3.05, 3.63) is 16.1 Å². The van der Waals surface area contributed by atoms with Crippen LogP contribution in [0.15, 0.2) is 6.20 Å². The monoisotopic (exact) mass is 200 g/mol. The second-order valence-corrected chi connectivity index (χ2v) is 3.84. The Morgan fingerprint density at radius 3 is 3.08 bits per heavy atom. The van der Waals surface area contributed by atoms with Crippen molar-refractivity contribution in [2.45, 2.75) is 13.5 Å². The third-order valence-corrected chi connectivity index (χ3v) is 2.38. The van der Waals surface area contributed by atoms with Crippen LogP contribution in [0.1, 0.15) is 9.88 Å². The van der Waals surface area contributed by atoms with Gasteiger partial charge in [0.05, 0.1) is 18.7 Å². The number of hydrogen-bond acceptors (Lipinski definition) is 5. The van der Waals surface area contributed by atoms with Gasteiger partial charge in [0, 0.05) is 17.6 Å². The number of thiazole rings is 1. The number of carbonyl (C=O) groups is 1. The molecule has 4 nitrogen and oxygen atoms in total. The molecular weight excluding hydrogens is 188 g/mol. The van der Waals surface area contributed by atoms with Gasteiger partial charge in [-0.2, -0.15) is 0 Å². The first-order chi connectivity index (χ1) is 6.22. The van der Waals surface area contributed by atoms with Crippen molar-refractivity contribution in [2.24, 2.45) is 0 Å². The Morgan fingerprint density at radius 2 is 2.54 bits per heavy atom. The lowest BCUT2D eigenvalue weighted by Crippen LogP contribution is -2.22. The molecule has 0 aliphatic rings. The topological polar surface area (TPSA) is 51.2 Å². The van der Waals surface area contributed by atoms with Crippen LogP contribution in [-0.2, 0) is 16.1 Å². The fraction of sp³-hybridized carbons (Fsp3) is 0.500. The zero-order chi connectivity index (χ0) is 9.68. The molecule has 13 heavy (non-hydrogen) atoms. The Labute approximate surface area is 80.9 Å². The fourth-order valence-corrected chi connectivity index (χ4v) is 1.61. The zero-order valence-corrected chi connectivity index (χ0v) is 8.48. The molecule has 0 saturated carbocycles. The molecule has 0 aromatic carbocycles. The number of esters is 1. The summed E-state index contributed by atoms with van der Waals surface area (Å²) in [5.41, 5.74) is 0. The van der Waals surface area contributed by atoms with Crippen molar-refractivity contribution in [3.8, 4) is 0 Å². The minimum absolute atomic E-state index is 0.243. The summed E-state index contributed by atoms with van der Waals surface area (Å²) in [6.07, 6.45) is 1.81. The normalized spacial score (nSPS) is 10.0. The van der Waals surface area contributed by atoms with Gasteiger partial charge in [-0.15, -0.1) is 11.3 Å². The largest absolute Gasteiger partial charge is 0.468 e. The maximum atomic E-state index is 10.7. The summed E-state index contributed by atoms with van der Waals surface area (Å²) in [5, 5.41) is 4.00. The maximum absolute atomic E-state index is 10.7. The summed E-state index contributed by atoms with van der Waals surface area (Å²) in [4.78, 5) is 15.9. The van der Waals surface area contributed by atoms with Gasteiger partial charge in [0.2, 0.25) is 0 Å². The summed E-state index contributed by atoms with van der Waals surface area (Å²) in [5.74, 6) is -0.249. The molecule has 0 amide bonds. The first kappa shape index (κ1) is 10.1. The van der Waals surface area contributed by atoms with E-state index in [0.717, 1.165) is 9.88 Å². The predicted molar refractivity (Wildman–Crippen MR) is 50.6 cm³/mol. The summed E-state index contributed by atoms with van der Waals surface area (Å²) >= 11 is 1.62. The van der Waals surface area contributed by atoms with E-state index < -0.39 is 0 Å². The lowest BCUT2D eigenvalue weighted by molar-refractivity contribution is -0.139. The smallest absolute Gasteiger partial charge is 0.319 e. The molecule has 0 unspecified atom stereocenters. The standard InChI is InChI=1S/C8H12N2O2S/c1-6-10-4-7(13-6)3-9-5-8(11)12-2/h4,9H,3,5H2,1-2H3. The quantitative estimate of drug-likeness (QED) is 0.727. The first-order valence-electron chi connectivity index (χ1n) is 3.91. The molecule has 0 atom stereocenters. The molecular formula is C8H12N2O2S. The molecule has 1 N–H and O–H groups in total. The second-order valence-electron chi connectivity index (χ2n) is 2.53. The van der Waals surface area contributed by atoms with E-state index in [9.17, 15) is 4.79 Å². The molecule has 0 spiro atoms. The molecule has 0 aliphatic carbocycles. The summed E-state index contributed by atoms with van der Waals surface area (Å²) in [7, 11) is 1.38. The van der Waals surface area contributed by atoms with Crippen LogP contribution in [-0.4, -0.2) is 24.6 Å². The molecule has 1 heterocycles. The third-order valence-electron chi connectivity index (χ3n) is 1.47. The van der Waals surface area contributed by atoms with Crippen LogP contribution < -0.4 is 5.32 Å². The number of rotatable bonds is 4. The number of methoxy groups -OCH3 is 1. The summed E-state index contributed by atoms with van der Waals surface area (Å²) in [6.45, 7) is 2.86. The molecule has 1 aromatic heterocycles. The van der Waals surface area contributed by atoms with E-state index in [1.165, 1.54) is 7.11 Å². The third kappa shape index (κ3) is 3.52. The average Bonchev–Trinajstić information content (AvgIpc) is 2.51. The molecule has 1 aromatic rings. The highest BCUT2D eigenvalue weighted by atomic mass is 32.1. The number of nitrogens with zero attached hydrogens (tertiary/aromatic N) is 1. The Morgan fingerprint density at radius 1 is 1.77 bits per heavy atom. The van der Waals surface area contributed by atoms with Crippen LogP contribution in [0.25, 0.3) is 0 Å². The zero-order valence-electron chi connectivity index (χ0n) is 7.66. The van der Waals surface area contributed by atoms with Gasteiger partial charge < -0.3 is 10.1 Å². The number of hydrogen-bond donors (Lipinski definition) is 1. The Bertz CT molecular complexity index is 285. The van der Waals surface area contributed by atoms with Crippen LogP contribution in [0.3, 0.4) is 0 Å². The SMILES string of the molecule is COC(=O)CNCc1cnc(C)s1. The number of ether oxygens (including phenoxy) is 1. The van der Waals surface area contributed by atoms with E-state index in [-0.39, 0.29) is 12.5 Å². The van der Waals surface area contributed by atoms with Gasteiger partial charge in [0.1, 0.15) is 0 Å². The van der Waals surface area contributed by atoms with Crippen molar-refractivity contribution in [1.82, 2.24) is 10.3 Å². The van der Waals surface area contributed by atoms with E-state index in [2.05, 4.69) is 15.0 Å². The molecule has 0 aliphatic heterocycles. The van der Waals surface area contributed by atoms with Gasteiger partial charge in [-0.05, 0) is 6.92 Å². The van der Waals surface area contributed by atoms with Crippen molar-refractivity contribution >= 4 is 17.3 Å². The number of carbonyl (C=O) groups excluding carboxylic acids is 1. The van der Waals surface area contributed by atoms with Gasteiger partial charge in [-0.1, -0.05) is 0 Å². The van der Waals surface area contributed by atoms with Gasteiger partial charge in [-0.25, -0.2) is 4.98 Å². The second kappa shape index (κ2) is 4.94. The maximum Gasteiger partial charge on any atom is 0.319 e. The average molecular weight is 200 g/mol. The molecule has 0 bridgehead atoms. The van der Waals surface area contributed by atoms with Crippen LogP contribution in [0.5, 0.6) is 0 Å². The van der Waals surface area contributed by atoms with Crippen molar-refractivity contribution in [1.29, 1.82) is 0 Å². The van der Waals surface area contributed by atoms with E-state index in [1.807, 2.05) is 13.1 Å². The lowest BCUT2D eigenvalue weighted by Gasteiger charge is -1.99. The van der Waals surface area contributed by atoms with Crippen molar-refractivity contribution in [3.63, 3.8) is 0 Å². The highest BCUT2D eigenvalue weighted by Crippen LogP contribution is 2.10. The van der Waals surface area contributed by atoms with E-state index in [4.69, 9.17) is 0 Å². The van der Waals surface area contributed by atoms with Crippen LogP contribution in [0, 0.1) is 6.92 Å². The number of aromatic nitrogens is 1. The van der Waals surface area contributed by atoms with Crippen molar-refractivity contribution < 1.29 is 9.53 Å². The minimum Gasteiger partial charge on any atom is -0.468 e. The van der Waals surface area contributed by atoms with Gasteiger partial charge in [0.15, 0.2) is 0 Å². The predicted octanol–water partition coefficient (Wildman–Crippen LogP) is 0.714. The van der Waals surface area contributed by atoms with Crippen LogP contribution in [0.2, 0.25) is 0 Å². The highest BCUT2D eigenvalue weighted by molar-refractivity contribution is 7.11. The van der Waals surface area contributed by atoms with E-state index in [1.54, 1.807) is 11.3 Å². The molecule has 0 fully saturated rings. The highest BCUT2D eigenvalue weighted by Gasteiger charge is 2.00. The Kier molecular flexibility index (Phi) is 3.85. The van der Waals surface area contributed by atoms with Crippen LogP contribution >= 0.6 is 11.3 Å². The van der Waals surface area contributed by atoms with Crippen LogP contribution in [0.4, 0.5) is 0 Å². The summed E-state index contributed by atoms with van der Waals surface area (Å²) < 4.78 is 4.48. The van der Waals surface area contributed by atoms with Gasteiger partial charge in [-0.3, -0.25) is 4.79 Å². The molecule has 72 valence electrons. The lowest BCUT2D eigenvalue weighted by atomic mass is 10.5. The van der Waals surface area contributed by atoms with Crippen molar-refractivity contribution in [2.75, 3.05) is 13.7 Å². The van der Waals surface area contributed by atoms with E-state index >= 15 is 0 Å². The molecule has 1 rings (SSSR count). The van der Waals surface area contributed by atoms with Gasteiger partial charge in [0.25, 0.3) is 0 Å². The summed E-state index contributed by atoms with van der Waals surface area (Å²) in [6, 6.07) is 0. The van der Waals surface area contributed by atoms with E-state index in [0.29, 0.717) is 6.54 Å². The number of aryl methyl sites for hydroxylation is 1. The Balaban J connectivity index is 2.24. The fourth-order valence-electron chi connectivity index (χ4n) is 0.847. The molecule has 5 heteroatoms. The molecule has 0 radical (unpaired) electrons. The molecule has 0 saturated heterocycles. The minimum atomic E-state index is -0.249. The first-order valence-corrected chi connectivity index (χ1v) is 4.73. The Hall–Kier alpha value is -0.940. The van der Waals surface area contributed by atoms with Gasteiger partial charge >= 0.3 is 5.97 Å². The number of nitrogens with one attached hydrogen (secondary N) is 1.